The Morgan fingerprint density at radius 1 is 0.574 bits per heavy atom. The molecule has 2 atom stereocenters. The molecule has 8 rings (SSSR count). The van der Waals surface area contributed by atoms with Gasteiger partial charge >= 0.3 is 24.1 Å². The highest BCUT2D eigenvalue weighted by molar-refractivity contribution is 5.91. The van der Waals surface area contributed by atoms with Crippen molar-refractivity contribution in [2.45, 2.75) is 63.1 Å². The minimum Gasteiger partial charge on any atom is -0.481 e. The highest BCUT2D eigenvalue weighted by atomic mass is 16.6. The number of likely N-dealkylation sites (N-methyl/N-ethyl adjacent to an activating group) is 2. The van der Waals surface area contributed by atoms with Crippen LogP contribution < -0.4 is 0 Å². The Kier molecular flexibility index (Phi) is 15.8. The number of rotatable bonds is 12. The van der Waals surface area contributed by atoms with E-state index in [4.69, 9.17) is 23.7 Å². The Hall–Kier alpha value is -6.78. The summed E-state index contributed by atoms with van der Waals surface area (Å²) in [5.41, 5.74) is 8.15. The molecular weight excluding hydrogens is 873 g/mol. The summed E-state index contributed by atoms with van der Waals surface area (Å²) in [5, 5.41) is 9.31. The largest absolute Gasteiger partial charge is 0.481 e. The van der Waals surface area contributed by atoms with Crippen molar-refractivity contribution in [3.63, 3.8) is 0 Å². The van der Waals surface area contributed by atoms with Crippen LogP contribution in [0.3, 0.4) is 0 Å². The van der Waals surface area contributed by atoms with Crippen molar-refractivity contribution >= 4 is 35.9 Å². The summed E-state index contributed by atoms with van der Waals surface area (Å²) < 4.78 is 27.4. The number of aliphatic carboxylic acids is 1. The number of carbonyl (C=O) groups is 6. The van der Waals surface area contributed by atoms with Gasteiger partial charge in [-0.1, -0.05) is 97.1 Å². The van der Waals surface area contributed by atoms with Gasteiger partial charge in [-0.3, -0.25) is 29.0 Å². The van der Waals surface area contributed by atoms with Crippen LogP contribution in [0.2, 0.25) is 0 Å². The van der Waals surface area contributed by atoms with Gasteiger partial charge in [0.15, 0.2) is 0 Å². The maximum Gasteiger partial charge on any atom is 0.410 e. The predicted molar refractivity (Wildman–Crippen MR) is 251 cm³/mol. The van der Waals surface area contributed by atoms with E-state index in [1.807, 2.05) is 84.9 Å². The standard InChI is InChI=1S/C28H34N2O6.C24H26N2O6/c1-28(2,3)36-25(31)17-24(26(32)30-13-15-34-16-14-30)29(4)27(33)35-18-23-21-11-7-5-9-19(21)20-10-6-8-12-22(20)23;1-25(21(14-22(27)28)23(29)26-10-12-31-13-11-26)24(30)32-15-20-18-8-4-2-6-16(18)17-7-3-5-9-19(17)20/h5-12,23-24H,13-18H2,1-4H3;2-9,20-21H,10-15H2,1H3,(H,27,28)/t24-;21-/m00/s1. The molecule has 0 bridgehead atoms. The summed E-state index contributed by atoms with van der Waals surface area (Å²) in [6.45, 7) is 8.67. The van der Waals surface area contributed by atoms with E-state index >= 15 is 0 Å². The van der Waals surface area contributed by atoms with Crippen LogP contribution in [0.5, 0.6) is 0 Å². The fourth-order valence-electron chi connectivity index (χ4n) is 9.12. The lowest BCUT2D eigenvalue weighted by molar-refractivity contribution is -0.159. The Balaban J connectivity index is 0.000000203. The molecule has 0 unspecified atom stereocenters. The van der Waals surface area contributed by atoms with Gasteiger partial charge in [-0.15, -0.1) is 0 Å². The van der Waals surface area contributed by atoms with Crippen molar-refractivity contribution in [1.29, 1.82) is 0 Å². The topological polar surface area (TPSA) is 182 Å². The Bertz CT molecular complexity index is 2380. The first-order chi connectivity index (χ1) is 32.6. The summed E-state index contributed by atoms with van der Waals surface area (Å²) in [7, 11) is 2.90. The average Bonchev–Trinajstić information content (AvgIpc) is 3.84. The first-order valence-electron chi connectivity index (χ1n) is 22.9. The number of ether oxygens (including phenoxy) is 5. The van der Waals surface area contributed by atoms with Crippen LogP contribution in [-0.2, 0) is 42.9 Å². The molecule has 1 N–H and O–H groups in total. The normalized spacial score (nSPS) is 16.1. The van der Waals surface area contributed by atoms with Gasteiger partial charge in [-0.05, 0) is 65.3 Å². The van der Waals surface area contributed by atoms with Crippen LogP contribution in [0.25, 0.3) is 22.3 Å². The quantitative estimate of drug-likeness (QED) is 0.122. The average molecular weight is 933 g/mol. The van der Waals surface area contributed by atoms with Gasteiger partial charge < -0.3 is 38.6 Å². The van der Waals surface area contributed by atoms with Crippen molar-refractivity contribution in [3.8, 4) is 22.3 Å². The molecule has 16 heteroatoms. The molecule has 68 heavy (non-hydrogen) atoms. The first-order valence-corrected chi connectivity index (χ1v) is 22.9. The van der Waals surface area contributed by atoms with E-state index in [0.29, 0.717) is 52.6 Å². The van der Waals surface area contributed by atoms with Crippen LogP contribution in [-0.4, -0.2) is 158 Å². The molecule has 2 fully saturated rings. The van der Waals surface area contributed by atoms with E-state index < -0.39 is 54.1 Å². The molecule has 360 valence electrons. The van der Waals surface area contributed by atoms with E-state index in [-0.39, 0.29) is 37.4 Å². The molecule has 4 aromatic carbocycles. The van der Waals surface area contributed by atoms with E-state index in [1.165, 1.54) is 23.9 Å². The molecular formula is C52H60N4O12. The minimum atomic E-state index is -1.16. The number of carboxylic acids is 1. The van der Waals surface area contributed by atoms with Crippen LogP contribution >= 0.6 is 0 Å². The summed E-state index contributed by atoms with van der Waals surface area (Å²) in [6, 6.07) is 30.0. The van der Waals surface area contributed by atoms with E-state index in [2.05, 4.69) is 12.1 Å². The van der Waals surface area contributed by atoms with E-state index in [9.17, 15) is 33.9 Å². The summed E-state index contributed by atoms with van der Waals surface area (Å²) in [6.07, 6.45) is -2.13. The molecule has 4 aromatic rings. The maximum atomic E-state index is 13.3. The summed E-state index contributed by atoms with van der Waals surface area (Å²) in [4.78, 5) is 81.8. The monoisotopic (exact) mass is 932 g/mol. The molecule has 2 aliphatic carbocycles. The molecule has 2 heterocycles. The number of esters is 1. The fraction of sp³-hybridized carbons (Fsp3) is 0.423. The lowest BCUT2D eigenvalue weighted by Gasteiger charge is -2.34. The maximum absolute atomic E-state index is 13.3. The number of hydrogen-bond acceptors (Lipinski definition) is 11. The Morgan fingerprint density at radius 3 is 1.22 bits per heavy atom. The van der Waals surface area contributed by atoms with Gasteiger partial charge in [0.25, 0.3) is 0 Å². The van der Waals surface area contributed by atoms with Gasteiger partial charge in [0.05, 0.1) is 39.3 Å². The molecule has 0 saturated carbocycles. The highest BCUT2D eigenvalue weighted by Crippen LogP contribution is 2.46. The third-order valence-corrected chi connectivity index (χ3v) is 12.5. The number of morpholine rings is 2. The van der Waals surface area contributed by atoms with Gasteiger partial charge in [-0.25, -0.2) is 9.59 Å². The summed E-state index contributed by atoms with van der Waals surface area (Å²) >= 11 is 0. The van der Waals surface area contributed by atoms with Crippen LogP contribution in [0.1, 0.15) is 67.7 Å². The lowest BCUT2D eigenvalue weighted by Crippen LogP contribution is -2.53. The molecule has 2 aliphatic heterocycles. The smallest absolute Gasteiger partial charge is 0.410 e. The lowest BCUT2D eigenvalue weighted by atomic mass is 9.98. The van der Waals surface area contributed by atoms with Crippen molar-refractivity contribution in [2.75, 3.05) is 79.9 Å². The zero-order valence-corrected chi connectivity index (χ0v) is 39.3. The van der Waals surface area contributed by atoms with Crippen LogP contribution in [0.15, 0.2) is 97.1 Å². The Labute approximate surface area is 396 Å². The third-order valence-electron chi connectivity index (χ3n) is 12.5. The number of fused-ring (bicyclic) bond motifs is 6. The van der Waals surface area contributed by atoms with Crippen LogP contribution in [0, 0.1) is 0 Å². The molecule has 0 aromatic heterocycles. The molecule has 4 aliphatic rings. The molecule has 0 radical (unpaired) electrons. The SMILES string of the molecule is CN(C(=O)OCC1c2ccccc2-c2ccccc21)[C@@H](CC(=O)O)C(=O)N1CCOCC1.CN(C(=O)OCC1c2ccccc2-c2ccccc21)[C@@H](CC(=O)OC(C)(C)C)C(=O)N1CCOCC1. The summed E-state index contributed by atoms with van der Waals surface area (Å²) in [5.74, 6) is -2.66. The van der Waals surface area contributed by atoms with Crippen molar-refractivity contribution in [2.24, 2.45) is 0 Å². The molecule has 4 amide bonds. The number of nitrogens with zero attached hydrogens (tertiary/aromatic N) is 4. The van der Waals surface area contributed by atoms with Crippen molar-refractivity contribution in [1.82, 2.24) is 19.6 Å². The van der Waals surface area contributed by atoms with Gasteiger partial charge in [0.1, 0.15) is 30.9 Å². The van der Waals surface area contributed by atoms with Gasteiger partial charge in [0.2, 0.25) is 11.8 Å². The zero-order valence-electron chi connectivity index (χ0n) is 39.3. The molecule has 0 spiro atoms. The third kappa shape index (κ3) is 11.5. The number of amides is 4. The van der Waals surface area contributed by atoms with E-state index in [0.717, 1.165) is 49.4 Å². The number of carbonyl (C=O) groups excluding carboxylic acids is 5. The van der Waals surface area contributed by atoms with Crippen LogP contribution in [0.4, 0.5) is 9.59 Å². The number of benzene rings is 4. The van der Waals surface area contributed by atoms with E-state index in [1.54, 1.807) is 25.7 Å². The number of carboxylic acid groups (broad SMARTS) is 1. The molecule has 16 nitrogen and oxygen atoms in total. The highest BCUT2D eigenvalue weighted by Gasteiger charge is 2.38. The minimum absolute atomic E-state index is 0.0999. The second-order valence-electron chi connectivity index (χ2n) is 18.1. The second-order valence-corrected chi connectivity index (χ2v) is 18.1. The molecule has 2 saturated heterocycles. The second kappa shape index (κ2) is 21.9. The first kappa shape index (κ1) is 49.1. The van der Waals surface area contributed by atoms with Crippen molar-refractivity contribution in [3.05, 3.63) is 119 Å². The number of hydrogen-bond donors (Lipinski definition) is 1. The van der Waals surface area contributed by atoms with Gasteiger partial charge in [0, 0.05) is 52.1 Å². The van der Waals surface area contributed by atoms with Crippen molar-refractivity contribution < 1.29 is 57.6 Å². The predicted octanol–water partition coefficient (Wildman–Crippen LogP) is 6.40. The fourth-order valence-corrected chi connectivity index (χ4v) is 9.12. The zero-order chi connectivity index (χ0) is 48.5. The Morgan fingerprint density at radius 2 is 0.897 bits per heavy atom. The van der Waals surface area contributed by atoms with Gasteiger partial charge in [-0.2, -0.15) is 0 Å².